The third kappa shape index (κ3) is 3.87. The fraction of sp³-hybridized carbons (Fsp3) is 0.333. The number of rotatable bonds is 6. The molecule has 0 fully saturated rings. The Labute approximate surface area is 105 Å². The van der Waals surface area contributed by atoms with Crippen LogP contribution in [-0.2, 0) is 6.42 Å². The van der Waals surface area contributed by atoms with E-state index in [2.05, 4.69) is 10.2 Å². The second-order valence-corrected chi connectivity index (χ2v) is 4.66. The van der Waals surface area contributed by atoms with Gasteiger partial charge in [-0.1, -0.05) is 42.1 Å². The third-order valence-corrected chi connectivity index (χ3v) is 3.13. The van der Waals surface area contributed by atoms with Gasteiger partial charge in [-0.3, -0.25) is 0 Å². The van der Waals surface area contributed by atoms with Gasteiger partial charge in [0.2, 0.25) is 5.89 Å². The van der Waals surface area contributed by atoms with Crippen LogP contribution in [0.3, 0.4) is 0 Å². The first kappa shape index (κ1) is 12.1. The number of thioether (sulfide) groups is 1. The maximum absolute atomic E-state index is 5.53. The molecule has 0 bridgehead atoms. The zero-order valence-electron chi connectivity index (χ0n) is 9.50. The Morgan fingerprint density at radius 1 is 1.18 bits per heavy atom. The molecule has 1 aromatic heterocycles. The molecule has 0 saturated heterocycles. The van der Waals surface area contributed by atoms with Crippen LogP contribution in [0.1, 0.15) is 17.9 Å². The number of aromatic nitrogens is 2. The number of nitrogens with two attached hydrogens (primary N) is 1. The van der Waals surface area contributed by atoms with Gasteiger partial charge in [0.05, 0.1) is 6.42 Å². The summed E-state index contributed by atoms with van der Waals surface area (Å²) in [4.78, 5) is 0. The zero-order chi connectivity index (χ0) is 11.9. The highest BCUT2D eigenvalue weighted by molar-refractivity contribution is 7.99. The van der Waals surface area contributed by atoms with Gasteiger partial charge in [0.1, 0.15) is 0 Å². The lowest BCUT2D eigenvalue weighted by Gasteiger charge is -1.95. The SMILES string of the molecule is NCCCSc1nnc(Cc2ccccc2)o1. The molecular weight excluding hydrogens is 234 g/mol. The van der Waals surface area contributed by atoms with Crippen molar-refractivity contribution in [2.24, 2.45) is 5.73 Å². The summed E-state index contributed by atoms with van der Waals surface area (Å²) in [7, 11) is 0. The molecule has 0 aliphatic heterocycles. The first-order chi connectivity index (χ1) is 8.38. The molecule has 0 aliphatic rings. The molecule has 0 saturated carbocycles. The monoisotopic (exact) mass is 249 g/mol. The van der Waals surface area contributed by atoms with Crippen molar-refractivity contribution in [1.29, 1.82) is 0 Å². The molecule has 17 heavy (non-hydrogen) atoms. The fourth-order valence-electron chi connectivity index (χ4n) is 1.38. The maximum atomic E-state index is 5.53. The highest BCUT2D eigenvalue weighted by atomic mass is 32.2. The van der Waals surface area contributed by atoms with Crippen molar-refractivity contribution in [2.45, 2.75) is 18.1 Å². The Hall–Kier alpha value is -1.33. The number of hydrogen-bond acceptors (Lipinski definition) is 5. The molecule has 2 aromatic rings. The second kappa shape index (κ2) is 6.42. The highest BCUT2D eigenvalue weighted by Crippen LogP contribution is 2.18. The summed E-state index contributed by atoms with van der Waals surface area (Å²) < 4.78 is 5.53. The predicted molar refractivity (Wildman–Crippen MR) is 67.9 cm³/mol. The lowest BCUT2D eigenvalue weighted by atomic mass is 10.2. The van der Waals surface area contributed by atoms with E-state index in [-0.39, 0.29) is 0 Å². The van der Waals surface area contributed by atoms with Gasteiger partial charge in [0.25, 0.3) is 5.22 Å². The minimum atomic E-state index is 0.629. The normalized spacial score (nSPS) is 10.6. The Kier molecular flexibility index (Phi) is 4.58. The van der Waals surface area contributed by atoms with Crippen molar-refractivity contribution in [3.05, 3.63) is 41.8 Å². The van der Waals surface area contributed by atoms with Gasteiger partial charge in [0.15, 0.2) is 0 Å². The van der Waals surface area contributed by atoms with E-state index in [9.17, 15) is 0 Å². The van der Waals surface area contributed by atoms with Crippen LogP contribution in [-0.4, -0.2) is 22.5 Å². The van der Waals surface area contributed by atoms with Gasteiger partial charge < -0.3 is 10.2 Å². The largest absolute Gasteiger partial charge is 0.416 e. The van der Waals surface area contributed by atoms with Crippen LogP contribution in [0, 0.1) is 0 Å². The van der Waals surface area contributed by atoms with Crippen LogP contribution in [0.4, 0.5) is 0 Å². The zero-order valence-corrected chi connectivity index (χ0v) is 10.3. The van der Waals surface area contributed by atoms with Gasteiger partial charge in [-0.25, -0.2) is 0 Å². The smallest absolute Gasteiger partial charge is 0.276 e. The molecule has 0 spiro atoms. The lowest BCUT2D eigenvalue weighted by Crippen LogP contribution is -1.99. The van der Waals surface area contributed by atoms with Gasteiger partial charge in [-0.15, -0.1) is 10.2 Å². The number of benzene rings is 1. The summed E-state index contributed by atoms with van der Waals surface area (Å²) in [5.41, 5.74) is 6.60. The molecule has 90 valence electrons. The summed E-state index contributed by atoms with van der Waals surface area (Å²) in [6.45, 7) is 0.692. The quantitative estimate of drug-likeness (QED) is 0.627. The minimum absolute atomic E-state index is 0.629. The average molecular weight is 249 g/mol. The van der Waals surface area contributed by atoms with Crippen molar-refractivity contribution >= 4 is 11.8 Å². The van der Waals surface area contributed by atoms with Crippen LogP contribution in [0.15, 0.2) is 40.0 Å². The van der Waals surface area contributed by atoms with E-state index in [1.807, 2.05) is 30.3 Å². The second-order valence-electron chi connectivity index (χ2n) is 3.61. The number of hydrogen-bond donors (Lipinski definition) is 1. The molecule has 1 aromatic carbocycles. The molecule has 0 aliphatic carbocycles. The molecule has 0 unspecified atom stereocenters. The first-order valence-corrected chi connectivity index (χ1v) is 6.56. The third-order valence-electron chi connectivity index (χ3n) is 2.22. The Bertz CT molecular complexity index is 444. The maximum Gasteiger partial charge on any atom is 0.276 e. The summed E-state index contributed by atoms with van der Waals surface area (Å²) in [6, 6.07) is 10.1. The molecular formula is C12H15N3OS. The molecule has 2 rings (SSSR count). The van der Waals surface area contributed by atoms with Gasteiger partial charge in [-0.05, 0) is 18.5 Å². The van der Waals surface area contributed by atoms with E-state index in [0.29, 0.717) is 24.1 Å². The van der Waals surface area contributed by atoms with Crippen molar-refractivity contribution in [3.63, 3.8) is 0 Å². The van der Waals surface area contributed by atoms with Crippen molar-refractivity contribution in [2.75, 3.05) is 12.3 Å². The van der Waals surface area contributed by atoms with Crippen molar-refractivity contribution in [1.82, 2.24) is 10.2 Å². The van der Waals surface area contributed by atoms with Gasteiger partial charge in [0, 0.05) is 5.75 Å². The standard InChI is InChI=1S/C12H15N3OS/c13-7-4-8-17-12-15-14-11(16-12)9-10-5-2-1-3-6-10/h1-3,5-6H,4,7-9,13H2. The molecule has 0 atom stereocenters. The first-order valence-electron chi connectivity index (χ1n) is 5.57. The van der Waals surface area contributed by atoms with E-state index in [0.717, 1.165) is 12.2 Å². The predicted octanol–water partition coefficient (Wildman–Crippen LogP) is 2.10. The van der Waals surface area contributed by atoms with Crippen LogP contribution in [0.5, 0.6) is 0 Å². The molecule has 5 heteroatoms. The molecule has 4 nitrogen and oxygen atoms in total. The topological polar surface area (TPSA) is 64.9 Å². The summed E-state index contributed by atoms with van der Waals surface area (Å²) in [5, 5.41) is 8.64. The van der Waals surface area contributed by atoms with E-state index < -0.39 is 0 Å². The Morgan fingerprint density at radius 3 is 2.76 bits per heavy atom. The van der Waals surface area contributed by atoms with Crippen molar-refractivity contribution in [3.8, 4) is 0 Å². The molecule has 0 radical (unpaired) electrons. The fourth-order valence-corrected chi connectivity index (χ4v) is 2.12. The van der Waals surface area contributed by atoms with E-state index >= 15 is 0 Å². The molecule has 0 amide bonds. The average Bonchev–Trinajstić information content (AvgIpc) is 2.79. The molecule has 2 N–H and O–H groups in total. The van der Waals surface area contributed by atoms with E-state index in [1.165, 1.54) is 5.56 Å². The minimum Gasteiger partial charge on any atom is -0.416 e. The van der Waals surface area contributed by atoms with Crippen LogP contribution in [0.25, 0.3) is 0 Å². The van der Waals surface area contributed by atoms with Gasteiger partial charge >= 0.3 is 0 Å². The summed E-state index contributed by atoms with van der Waals surface area (Å²) >= 11 is 1.56. The highest BCUT2D eigenvalue weighted by Gasteiger charge is 2.06. The summed E-state index contributed by atoms with van der Waals surface area (Å²) in [5.74, 6) is 1.58. The molecule has 1 heterocycles. The van der Waals surface area contributed by atoms with Gasteiger partial charge in [-0.2, -0.15) is 0 Å². The Balaban J connectivity index is 1.90. The lowest BCUT2D eigenvalue weighted by molar-refractivity contribution is 0.420. The number of nitrogens with zero attached hydrogens (tertiary/aromatic N) is 2. The van der Waals surface area contributed by atoms with Crippen LogP contribution < -0.4 is 5.73 Å². The van der Waals surface area contributed by atoms with Crippen LogP contribution >= 0.6 is 11.8 Å². The van der Waals surface area contributed by atoms with E-state index in [1.54, 1.807) is 11.8 Å². The van der Waals surface area contributed by atoms with Crippen molar-refractivity contribution < 1.29 is 4.42 Å². The van der Waals surface area contributed by atoms with Crippen LogP contribution in [0.2, 0.25) is 0 Å². The summed E-state index contributed by atoms with van der Waals surface area (Å²) in [6.07, 6.45) is 1.65. The van der Waals surface area contributed by atoms with E-state index in [4.69, 9.17) is 10.2 Å². The Morgan fingerprint density at radius 2 is 2.00 bits per heavy atom.